The van der Waals surface area contributed by atoms with Gasteiger partial charge in [0.05, 0.1) is 12.0 Å². The van der Waals surface area contributed by atoms with E-state index in [-0.39, 0.29) is 17.6 Å². The van der Waals surface area contributed by atoms with E-state index in [2.05, 4.69) is 20.3 Å². The van der Waals surface area contributed by atoms with Gasteiger partial charge in [0.15, 0.2) is 0 Å². The van der Waals surface area contributed by atoms with E-state index in [0.717, 1.165) is 22.6 Å². The van der Waals surface area contributed by atoms with Crippen LogP contribution >= 0.6 is 0 Å². The molecule has 1 aliphatic heterocycles. The number of nitrogens with zero attached hydrogens (tertiary/aromatic N) is 3. The third-order valence-corrected chi connectivity index (χ3v) is 3.69. The number of carbonyl (C=O) groups excluding carboxylic acids is 1. The molecule has 4 rings (SSSR count). The van der Waals surface area contributed by atoms with E-state index in [1.807, 2.05) is 36.4 Å². The average Bonchev–Trinajstić information content (AvgIpc) is 3.19. The SMILES string of the molecule is Nc1nc(N=C2C(=O)Nc3ccccc32)ncc1Cc1ccco1. The van der Waals surface area contributed by atoms with Crippen molar-refractivity contribution in [3.05, 3.63) is 65.7 Å². The highest BCUT2D eigenvalue weighted by molar-refractivity contribution is 6.54. The van der Waals surface area contributed by atoms with Crippen LogP contribution in [0.25, 0.3) is 0 Å². The van der Waals surface area contributed by atoms with Gasteiger partial charge in [-0.15, -0.1) is 0 Å². The van der Waals surface area contributed by atoms with Gasteiger partial charge in [-0.1, -0.05) is 18.2 Å². The number of para-hydroxylation sites is 1. The number of rotatable bonds is 3. The Morgan fingerprint density at radius 2 is 2.08 bits per heavy atom. The number of aliphatic imine (C=N–C) groups is 1. The Bertz CT molecular complexity index is 947. The van der Waals surface area contributed by atoms with Crippen LogP contribution in [0.15, 0.2) is 58.3 Å². The summed E-state index contributed by atoms with van der Waals surface area (Å²) >= 11 is 0. The number of aromatic nitrogens is 2. The number of nitrogens with one attached hydrogen (secondary N) is 1. The Balaban J connectivity index is 1.66. The van der Waals surface area contributed by atoms with Crippen LogP contribution in [0.2, 0.25) is 0 Å². The maximum absolute atomic E-state index is 12.1. The minimum absolute atomic E-state index is 0.151. The number of nitrogens with two attached hydrogens (primary N) is 1. The van der Waals surface area contributed by atoms with Crippen molar-refractivity contribution >= 4 is 29.1 Å². The molecule has 1 aromatic carbocycles. The number of anilines is 2. The average molecular weight is 319 g/mol. The summed E-state index contributed by atoms with van der Waals surface area (Å²) in [6.07, 6.45) is 3.70. The Hall–Kier alpha value is -3.48. The second-order valence-electron chi connectivity index (χ2n) is 5.30. The van der Waals surface area contributed by atoms with E-state index in [0.29, 0.717) is 12.2 Å². The van der Waals surface area contributed by atoms with E-state index in [1.54, 1.807) is 12.5 Å². The van der Waals surface area contributed by atoms with Crippen molar-refractivity contribution in [1.82, 2.24) is 9.97 Å². The summed E-state index contributed by atoms with van der Waals surface area (Å²) < 4.78 is 5.29. The molecule has 7 nitrogen and oxygen atoms in total. The molecule has 0 radical (unpaired) electrons. The molecule has 0 spiro atoms. The van der Waals surface area contributed by atoms with Crippen molar-refractivity contribution in [3.8, 4) is 0 Å². The highest BCUT2D eigenvalue weighted by Gasteiger charge is 2.25. The summed E-state index contributed by atoms with van der Waals surface area (Å²) in [4.78, 5) is 24.7. The second kappa shape index (κ2) is 5.62. The molecule has 3 N–H and O–H groups in total. The molecule has 0 saturated carbocycles. The highest BCUT2D eigenvalue weighted by atomic mass is 16.3. The first-order valence-electron chi connectivity index (χ1n) is 7.34. The molecule has 3 heterocycles. The van der Waals surface area contributed by atoms with Gasteiger partial charge in [0.25, 0.3) is 11.9 Å². The quantitative estimate of drug-likeness (QED) is 0.770. The van der Waals surface area contributed by atoms with Crippen molar-refractivity contribution in [2.75, 3.05) is 11.1 Å². The van der Waals surface area contributed by atoms with Crippen LogP contribution in [0.5, 0.6) is 0 Å². The zero-order valence-corrected chi connectivity index (χ0v) is 12.6. The molecule has 2 aromatic heterocycles. The van der Waals surface area contributed by atoms with E-state index in [1.165, 1.54) is 0 Å². The zero-order valence-electron chi connectivity index (χ0n) is 12.6. The molecule has 0 bridgehead atoms. The third-order valence-electron chi connectivity index (χ3n) is 3.69. The first-order chi connectivity index (χ1) is 11.7. The fourth-order valence-electron chi connectivity index (χ4n) is 2.51. The fourth-order valence-corrected chi connectivity index (χ4v) is 2.51. The summed E-state index contributed by atoms with van der Waals surface area (Å²) in [5, 5.41) is 2.75. The predicted molar refractivity (Wildman–Crippen MR) is 89.2 cm³/mol. The van der Waals surface area contributed by atoms with Crippen LogP contribution in [0, 0.1) is 0 Å². The Kier molecular flexibility index (Phi) is 3.31. The minimum atomic E-state index is -0.280. The Morgan fingerprint density at radius 3 is 2.88 bits per heavy atom. The zero-order chi connectivity index (χ0) is 16.5. The minimum Gasteiger partial charge on any atom is -0.469 e. The van der Waals surface area contributed by atoms with Crippen molar-refractivity contribution < 1.29 is 9.21 Å². The van der Waals surface area contributed by atoms with Crippen LogP contribution in [-0.2, 0) is 11.2 Å². The lowest BCUT2D eigenvalue weighted by molar-refractivity contribution is -0.110. The van der Waals surface area contributed by atoms with Crippen molar-refractivity contribution in [3.63, 3.8) is 0 Å². The molecular formula is C17H13N5O2. The van der Waals surface area contributed by atoms with Crippen LogP contribution in [0.3, 0.4) is 0 Å². The topological polar surface area (TPSA) is 106 Å². The normalized spacial score (nSPS) is 14.7. The third kappa shape index (κ3) is 2.52. The molecule has 24 heavy (non-hydrogen) atoms. The summed E-state index contributed by atoms with van der Waals surface area (Å²) in [7, 11) is 0. The van der Waals surface area contributed by atoms with Crippen molar-refractivity contribution in [2.45, 2.75) is 6.42 Å². The van der Waals surface area contributed by atoms with Gasteiger partial charge in [-0.05, 0) is 18.2 Å². The standard InChI is InChI=1S/C17H13N5O2/c18-15-10(8-11-4-3-7-24-11)9-19-17(22-15)21-14-12-5-1-2-6-13(12)20-16(14)23/h1-7,9H,8H2,(H3,18,19,20,21,22,23). The predicted octanol–water partition coefficient (Wildman–Crippen LogP) is 2.32. The first-order valence-corrected chi connectivity index (χ1v) is 7.34. The van der Waals surface area contributed by atoms with Gasteiger partial charge in [-0.2, -0.15) is 4.98 Å². The molecule has 1 amide bonds. The maximum atomic E-state index is 12.1. The van der Waals surface area contributed by atoms with Crippen LogP contribution < -0.4 is 11.1 Å². The largest absolute Gasteiger partial charge is 0.469 e. The monoisotopic (exact) mass is 319 g/mol. The fraction of sp³-hybridized carbons (Fsp3) is 0.0588. The van der Waals surface area contributed by atoms with Crippen molar-refractivity contribution in [1.29, 1.82) is 0 Å². The summed E-state index contributed by atoms with van der Waals surface area (Å²) in [5.74, 6) is 0.955. The Labute approximate surface area is 137 Å². The molecule has 3 aromatic rings. The summed E-state index contributed by atoms with van der Waals surface area (Å²) in [5.41, 5.74) is 8.45. The lowest BCUT2D eigenvalue weighted by atomic mass is 10.1. The van der Waals surface area contributed by atoms with Crippen LogP contribution in [-0.4, -0.2) is 21.6 Å². The molecule has 0 saturated heterocycles. The van der Waals surface area contributed by atoms with Gasteiger partial charge in [-0.3, -0.25) is 4.79 Å². The smallest absolute Gasteiger partial charge is 0.275 e. The second-order valence-corrected chi connectivity index (χ2v) is 5.30. The Morgan fingerprint density at radius 1 is 1.21 bits per heavy atom. The molecule has 7 heteroatoms. The number of carbonyl (C=O) groups is 1. The highest BCUT2D eigenvalue weighted by Crippen LogP contribution is 2.25. The maximum Gasteiger partial charge on any atom is 0.275 e. The number of amides is 1. The van der Waals surface area contributed by atoms with E-state index in [4.69, 9.17) is 10.2 Å². The molecule has 0 fully saturated rings. The van der Waals surface area contributed by atoms with Gasteiger partial charge < -0.3 is 15.5 Å². The van der Waals surface area contributed by atoms with Gasteiger partial charge >= 0.3 is 0 Å². The van der Waals surface area contributed by atoms with Crippen LogP contribution in [0.1, 0.15) is 16.9 Å². The van der Waals surface area contributed by atoms with E-state index < -0.39 is 0 Å². The number of nitrogen functional groups attached to an aromatic ring is 1. The molecular weight excluding hydrogens is 306 g/mol. The summed E-state index contributed by atoms with van der Waals surface area (Å²) in [6, 6.07) is 11.0. The molecule has 0 aliphatic carbocycles. The number of benzene rings is 1. The van der Waals surface area contributed by atoms with Crippen LogP contribution in [0.4, 0.5) is 17.5 Å². The number of fused-ring (bicyclic) bond motifs is 1. The lowest BCUT2D eigenvalue weighted by Crippen LogP contribution is -2.14. The number of hydrogen-bond acceptors (Lipinski definition) is 6. The lowest BCUT2D eigenvalue weighted by Gasteiger charge is -2.03. The number of furan rings is 1. The van der Waals surface area contributed by atoms with Gasteiger partial charge in [0.2, 0.25) is 0 Å². The van der Waals surface area contributed by atoms with Crippen molar-refractivity contribution in [2.24, 2.45) is 4.99 Å². The van der Waals surface area contributed by atoms with Gasteiger partial charge in [-0.25, -0.2) is 9.98 Å². The summed E-state index contributed by atoms with van der Waals surface area (Å²) in [6.45, 7) is 0. The molecule has 0 atom stereocenters. The van der Waals surface area contributed by atoms with E-state index in [9.17, 15) is 4.79 Å². The molecule has 118 valence electrons. The molecule has 0 unspecified atom stereocenters. The van der Waals surface area contributed by atoms with Gasteiger partial charge in [0.1, 0.15) is 17.3 Å². The van der Waals surface area contributed by atoms with Gasteiger partial charge in [0, 0.05) is 23.7 Å². The number of hydrogen-bond donors (Lipinski definition) is 2. The first kappa shape index (κ1) is 14.1. The van der Waals surface area contributed by atoms with E-state index >= 15 is 0 Å². The molecule has 1 aliphatic rings.